The van der Waals surface area contributed by atoms with E-state index in [2.05, 4.69) is 27.7 Å². The molecule has 0 radical (unpaired) electrons. The first-order valence-electron chi connectivity index (χ1n) is 24.9. The van der Waals surface area contributed by atoms with Crippen LogP contribution in [0.15, 0.2) is 0 Å². The first-order chi connectivity index (χ1) is 27.4. The fourth-order valence-electron chi connectivity index (χ4n) is 7.51. The Morgan fingerprint density at radius 1 is 0.339 bits per heavy atom. The van der Waals surface area contributed by atoms with E-state index in [0.29, 0.717) is 19.3 Å². The van der Waals surface area contributed by atoms with Crippen LogP contribution in [-0.2, 0) is 28.6 Å². The lowest BCUT2D eigenvalue weighted by Gasteiger charge is -2.18. The quantitative estimate of drug-likeness (QED) is 0.0347. The van der Waals surface area contributed by atoms with Crippen LogP contribution in [-0.4, -0.2) is 37.2 Å². The Morgan fingerprint density at radius 3 is 0.875 bits per heavy atom. The zero-order valence-corrected chi connectivity index (χ0v) is 38.1. The van der Waals surface area contributed by atoms with Crippen molar-refractivity contribution in [3.05, 3.63) is 0 Å². The molecular formula is C50H96O6. The average Bonchev–Trinajstić information content (AvgIpc) is 3.18. The number of unbranched alkanes of at least 4 members (excludes halogenated alkanes) is 32. The second-order valence-corrected chi connectivity index (χ2v) is 17.6. The maximum atomic E-state index is 12.7. The zero-order chi connectivity index (χ0) is 41.0. The molecule has 0 rings (SSSR count). The van der Waals surface area contributed by atoms with Crippen molar-refractivity contribution >= 4 is 17.9 Å². The summed E-state index contributed by atoms with van der Waals surface area (Å²) in [4.78, 5) is 37.8. The van der Waals surface area contributed by atoms with Gasteiger partial charge in [-0.1, -0.05) is 240 Å². The van der Waals surface area contributed by atoms with Crippen LogP contribution >= 0.6 is 0 Å². The summed E-state index contributed by atoms with van der Waals surface area (Å²) in [5, 5.41) is 0. The molecule has 0 aliphatic carbocycles. The Morgan fingerprint density at radius 2 is 0.589 bits per heavy atom. The summed E-state index contributed by atoms with van der Waals surface area (Å²) in [5.41, 5.74) is 0. The van der Waals surface area contributed by atoms with Crippen molar-refractivity contribution in [2.75, 3.05) is 13.2 Å². The van der Waals surface area contributed by atoms with Crippen LogP contribution in [0.5, 0.6) is 0 Å². The third-order valence-electron chi connectivity index (χ3n) is 11.3. The van der Waals surface area contributed by atoms with Crippen molar-refractivity contribution in [2.45, 2.75) is 284 Å². The van der Waals surface area contributed by atoms with Gasteiger partial charge in [0.25, 0.3) is 0 Å². The van der Waals surface area contributed by atoms with Crippen molar-refractivity contribution in [3.63, 3.8) is 0 Å². The molecule has 0 bridgehead atoms. The van der Waals surface area contributed by atoms with Crippen LogP contribution < -0.4 is 0 Å². The van der Waals surface area contributed by atoms with Crippen LogP contribution in [0.3, 0.4) is 0 Å². The molecule has 0 aliphatic heterocycles. The van der Waals surface area contributed by atoms with Gasteiger partial charge >= 0.3 is 17.9 Å². The zero-order valence-electron chi connectivity index (χ0n) is 38.1. The average molecular weight is 793 g/mol. The van der Waals surface area contributed by atoms with Gasteiger partial charge in [-0.15, -0.1) is 0 Å². The van der Waals surface area contributed by atoms with Gasteiger partial charge in [0.15, 0.2) is 6.10 Å². The normalized spacial score (nSPS) is 11.9. The molecule has 0 saturated heterocycles. The van der Waals surface area contributed by atoms with E-state index < -0.39 is 6.10 Å². The van der Waals surface area contributed by atoms with Gasteiger partial charge in [-0.3, -0.25) is 14.4 Å². The van der Waals surface area contributed by atoms with Crippen LogP contribution in [0.4, 0.5) is 0 Å². The number of esters is 3. The molecule has 0 aromatic heterocycles. The summed E-state index contributed by atoms with van der Waals surface area (Å²) >= 11 is 0. The van der Waals surface area contributed by atoms with Crippen LogP contribution in [0.2, 0.25) is 0 Å². The van der Waals surface area contributed by atoms with Gasteiger partial charge in [-0.2, -0.15) is 0 Å². The summed E-state index contributed by atoms with van der Waals surface area (Å²) in [5.74, 6) is -0.0305. The summed E-state index contributed by atoms with van der Waals surface area (Å²) in [6.45, 7) is 9.00. The van der Waals surface area contributed by atoms with Gasteiger partial charge < -0.3 is 14.2 Å². The van der Waals surface area contributed by atoms with Gasteiger partial charge in [0.05, 0.1) is 0 Å². The van der Waals surface area contributed by atoms with Crippen molar-refractivity contribution in [3.8, 4) is 0 Å². The first kappa shape index (κ1) is 54.4. The second-order valence-electron chi connectivity index (χ2n) is 17.6. The van der Waals surface area contributed by atoms with Crippen molar-refractivity contribution in [1.82, 2.24) is 0 Å². The number of hydrogen-bond acceptors (Lipinski definition) is 6. The second kappa shape index (κ2) is 44.5. The lowest BCUT2D eigenvalue weighted by atomic mass is 10.0. The molecule has 1 atom stereocenters. The Kier molecular flexibility index (Phi) is 43.2. The topological polar surface area (TPSA) is 78.9 Å². The van der Waals surface area contributed by atoms with E-state index in [1.807, 2.05) is 0 Å². The minimum absolute atomic E-state index is 0.0631. The number of hydrogen-bond donors (Lipinski definition) is 0. The highest BCUT2D eigenvalue weighted by Crippen LogP contribution is 2.17. The van der Waals surface area contributed by atoms with Crippen LogP contribution in [0, 0.1) is 5.92 Å². The molecule has 0 fully saturated rings. The highest BCUT2D eigenvalue weighted by atomic mass is 16.6. The predicted molar refractivity (Wildman–Crippen MR) is 238 cm³/mol. The minimum Gasteiger partial charge on any atom is -0.462 e. The first-order valence-corrected chi connectivity index (χ1v) is 24.9. The Labute approximate surface area is 348 Å². The fraction of sp³-hybridized carbons (Fsp3) is 0.940. The molecule has 6 heteroatoms. The predicted octanol–water partition coefficient (Wildman–Crippen LogP) is 15.9. The maximum absolute atomic E-state index is 12.7. The highest BCUT2D eigenvalue weighted by molar-refractivity contribution is 5.71. The van der Waals surface area contributed by atoms with E-state index in [1.54, 1.807) is 0 Å². The molecule has 0 aliphatic rings. The Balaban J connectivity index is 4.28. The third-order valence-corrected chi connectivity index (χ3v) is 11.3. The molecule has 0 heterocycles. The van der Waals surface area contributed by atoms with Gasteiger partial charge in [0.2, 0.25) is 0 Å². The number of carbonyl (C=O) groups is 3. The van der Waals surface area contributed by atoms with E-state index >= 15 is 0 Å². The summed E-state index contributed by atoms with van der Waals surface area (Å²) < 4.78 is 16.8. The molecule has 6 nitrogen and oxygen atoms in total. The SMILES string of the molecule is CCCCCCCCCCCCCCCCCC(=O)OC[C@@H](COC(=O)CCCCCCCCCCCCC(C)C)OC(=O)CCCCCCCCCCCC. The molecule has 0 aromatic carbocycles. The van der Waals surface area contributed by atoms with Crippen molar-refractivity contribution < 1.29 is 28.6 Å². The molecule has 332 valence electrons. The monoisotopic (exact) mass is 793 g/mol. The largest absolute Gasteiger partial charge is 0.462 e. The molecule has 0 unspecified atom stereocenters. The standard InChI is InChI=1S/C50H96O6/c1-5-7-9-11-13-15-17-18-19-20-21-26-29-33-37-41-48(51)54-44-47(56-50(53)43-39-35-31-25-16-14-12-10-8-6-2)45-55-49(52)42-38-34-30-27-23-22-24-28-32-36-40-46(3)4/h46-47H,5-45H2,1-4H3/t47-/m0/s1. The maximum Gasteiger partial charge on any atom is 0.306 e. The molecule has 0 N–H and O–H groups in total. The molecule has 0 amide bonds. The Bertz CT molecular complexity index is 841. The smallest absolute Gasteiger partial charge is 0.306 e. The number of ether oxygens (including phenoxy) is 3. The molecule has 0 aromatic rings. The van der Waals surface area contributed by atoms with E-state index in [-0.39, 0.29) is 31.1 Å². The van der Waals surface area contributed by atoms with Crippen molar-refractivity contribution in [1.29, 1.82) is 0 Å². The minimum atomic E-state index is -0.759. The van der Waals surface area contributed by atoms with Crippen LogP contribution in [0.25, 0.3) is 0 Å². The van der Waals surface area contributed by atoms with Gasteiger partial charge in [-0.05, 0) is 25.2 Å². The molecule has 0 spiro atoms. The lowest BCUT2D eigenvalue weighted by molar-refractivity contribution is -0.167. The van der Waals surface area contributed by atoms with Gasteiger partial charge in [-0.25, -0.2) is 0 Å². The van der Waals surface area contributed by atoms with E-state index in [0.717, 1.165) is 63.7 Å². The van der Waals surface area contributed by atoms with E-state index in [4.69, 9.17) is 14.2 Å². The van der Waals surface area contributed by atoms with E-state index in [9.17, 15) is 14.4 Å². The van der Waals surface area contributed by atoms with Gasteiger partial charge in [0, 0.05) is 19.3 Å². The van der Waals surface area contributed by atoms with Crippen LogP contribution in [0.1, 0.15) is 278 Å². The summed E-state index contributed by atoms with van der Waals surface area (Å²) in [7, 11) is 0. The third kappa shape index (κ3) is 43.5. The molecular weight excluding hydrogens is 697 g/mol. The number of carbonyl (C=O) groups excluding carboxylic acids is 3. The molecule has 0 saturated carbocycles. The van der Waals surface area contributed by atoms with Crippen molar-refractivity contribution in [2.24, 2.45) is 5.92 Å². The fourth-order valence-corrected chi connectivity index (χ4v) is 7.51. The summed E-state index contributed by atoms with van der Waals surface area (Å²) in [6, 6.07) is 0. The lowest BCUT2D eigenvalue weighted by Crippen LogP contribution is -2.30. The van der Waals surface area contributed by atoms with E-state index in [1.165, 1.54) is 173 Å². The molecule has 56 heavy (non-hydrogen) atoms. The van der Waals surface area contributed by atoms with Gasteiger partial charge in [0.1, 0.15) is 13.2 Å². The summed E-state index contributed by atoms with van der Waals surface area (Å²) in [6.07, 6.45) is 45.1. The number of rotatable bonds is 45. The highest BCUT2D eigenvalue weighted by Gasteiger charge is 2.19. The Hall–Kier alpha value is -1.59.